The summed E-state index contributed by atoms with van der Waals surface area (Å²) in [5.74, 6) is 1.93. The van der Waals surface area contributed by atoms with Gasteiger partial charge in [-0.2, -0.15) is 4.98 Å². The average Bonchev–Trinajstić information content (AvgIpc) is 2.72. The molecule has 0 spiro atoms. The fourth-order valence-electron chi connectivity index (χ4n) is 1.73. The minimum absolute atomic E-state index is 0.598. The highest BCUT2D eigenvalue weighted by molar-refractivity contribution is 9.10. The van der Waals surface area contributed by atoms with Gasteiger partial charge >= 0.3 is 0 Å². The Bertz CT molecular complexity index is 524. The van der Waals surface area contributed by atoms with Gasteiger partial charge in [-0.25, -0.2) is 0 Å². The molecule has 3 rings (SSSR count). The van der Waals surface area contributed by atoms with Crippen LogP contribution in [0.25, 0.3) is 11.4 Å². The Morgan fingerprint density at radius 1 is 1.41 bits per heavy atom. The lowest BCUT2D eigenvalue weighted by Gasteiger charge is -2.25. The van der Waals surface area contributed by atoms with Crippen LogP contribution in [0, 0.1) is 5.92 Å². The molecule has 0 atom stereocenters. The Morgan fingerprint density at radius 3 is 3.00 bits per heavy atom. The summed E-state index contributed by atoms with van der Waals surface area (Å²) in [6, 6.07) is 1.92. The third kappa shape index (κ3) is 2.37. The molecule has 2 aromatic heterocycles. The van der Waals surface area contributed by atoms with E-state index in [0.717, 1.165) is 29.5 Å². The molecule has 0 radical (unpaired) electrons. The number of aromatic nitrogens is 3. The Labute approximate surface area is 107 Å². The third-order valence-corrected chi connectivity index (χ3v) is 3.19. The minimum atomic E-state index is 0.598. The summed E-state index contributed by atoms with van der Waals surface area (Å²) in [7, 11) is 0. The van der Waals surface area contributed by atoms with Crippen LogP contribution >= 0.6 is 15.9 Å². The normalized spacial score (nSPS) is 15.8. The number of pyridine rings is 1. The van der Waals surface area contributed by atoms with E-state index in [-0.39, 0.29) is 0 Å². The molecule has 0 saturated carbocycles. The van der Waals surface area contributed by atoms with Crippen LogP contribution in [-0.4, -0.2) is 28.2 Å². The topological polar surface area (TPSA) is 63.8 Å². The highest BCUT2D eigenvalue weighted by Crippen LogP contribution is 2.20. The summed E-state index contributed by atoms with van der Waals surface area (Å²) in [6.45, 7) is 2.08. The van der Waals surface area contributed by atoms with Crippen molar-refractivity contribution in [1.29, 1.82) is 0 Å². The molecule has 6 heteroatoms. The zero-order valence-electron chi connectivity index (χ0n) is 9.06. The van der Waals surface area contributed by atoms with E-state index in [1.54, 1.807) is 12.4 Å². The van der Waals surface area contributed by atoms with Gasteiger partial charge in [0.15, 0.2) is 0 Å². The second-order valence-corrected chi connectivity index (χ2v) is 5.05. The van der Waals surface area contributed by atoms with E-state index >= 15 is 0 Å². The number of hydrogen-bond acceptors (Lipinski definition) is 5. The van der Waals surface area contributed by atoms with Crippen molar-refractivity contribution in [3.63, 3.8) is 0 Å². The summed E-state index contributed by atoms with van der Waals surface area (Å²) >= 11 is 3.37. The Kier molecular flexibility index (Phi) is 2.90. The molecule has 0 bridgehead atoms. The second-order valence-electron chi connectivity index (χ2n) is 4.13. The maximum atomic E-state index is 5.23. The van der Waals surface area contributed by atoms with Gasteiger partial charge in [-0.3, -0.25) is 4.98 Å². The standard InChI is InChI=1S/C11H11BrN4O/c12-9-2-8(5-14-6-9)11-15-10(17-16-11)1-7-3-13-4-7/h2,5-7,13H,1,3-4H2. The average molecular weight is 295 g/mol. The maximum absolute atomic E-state index is 5.23. The molecule has 1 N–H and O–H groups in total. The lowest BCUT2D eigenvalue weighted by atomic mass is 10.00. The summed E-state index contributed by atoms with van der Waals surface area (Å²) < 4.78 is 6.14. The first-order chi connectivity index (χ1) is 8.31. The molecular formula is C11H11BrN4O. The zero-order chi connectivity index (χ0) is 11.7. The smallest absolute Gasteiger partial charge is 0.227 e. The molecule has 2 aromatic rings. The quantitative estimate of drug-likeness (QED) is 0.933. The van der Waals surface area contributed by atoms with Crippen LogP contribution < -0.4 is 5.32 Å². The van der Waals surface area contributed by atoms with Gasteiger partial charge in [-0.15, -0.1) is 0 Å². The number of halogens is 1. The van der Waals surface area contributed by atoms with Crippen molar-refractivity contribution in [2.45, 2.75) is 6.42 Å². The van der Waals surface area contributed by atoms with E-state index in [1.165, 1.54) is 0 Å². The van der Waals surface area contributed by atoms with Gasteiger partial charge in [0, 0.05) is 28.9 Å². The van der Waals surface area contributed by atoms with Gasteiger partial charge in [0.05, 0.1) is 0 Å². The molecular weight excluding hydrogens is 284 g/mol. The first kappa shape index (κ1) is 10.9. The van der Waals surface area contributed by atoms with Crippen LogP contribution in [0.4, 0.5) is 0 Å². The third-order valence-electron chi connectivity index (χ3n) is 2.76. The molecule has 0 aromatic carbocycles. The monoisotopic (exact) mass is 294 g/mol. The van der Waals surface area contributed by atoms with Crippen molar-refractivity contribution >= 4 is 15.9 Å². The first-order valence-corrected chi connectivity index (χ1v) is 6.25. The molecule has 1 aliphatic rings. The summed E-state index contributed by atoms with van der Waals surface area (Å²) in [5.41, 5.74) is 0.862. The van der Waals surface area contributed by atoms with Crippen LogP contribution in [0.2, 0.25) is 0 Å². The number of rotatable bonds is 3. The second kappa shape index (κ2) is 4.54. The van der Waals surface area contributed by atoms with E-state index in [9.17, 15) is 0 Å². The predicted molar refractivity (Wildman–Crippen MR) is 65.3 cm³/mol. The maximum Gasteiger partial charge on any atom is 0.227 e. The van der Waals surface area contributed by atoms with E-state index in [2.05, 4.69) is 36.4 Å². The highest BCUT2D eigenvalue weighted by Gasteiger charge is 2.20. The number of nitrogens with one attached hydrogen (secondary N) is 1. The molecule has 88 valence electrons. The summed E-state index contributed by atoms with van der Waals surface area (Å²) in [4.78, 5) is 8.46. The molecule has 1 saturated heterocycles. The van der Waals surface area contributed by atoms with Gasteiger partial charge in [0.1, 0.15) is 0 Å². The van der Waals surface area contributed by atoms with E-state index in [4.69, 9.17) is 4.52 Å². The van der Waals surface area contributed by atoms with Crippen LogP contribution in [0.15, 0.2) is 27.5 Å². The number of hydrogen-bond donors (Lipinski definition) is 1. The molecule has 0 aliphatic carbocycles. The van der Waals surface area contributed by atoms with Crippen LogP contribution in [0.1, 0.15) is 5.89 Å². The zero-order valence-corrected chi connectivity index (χ0v) is 10.6. The van der Waals surface area contributed by atoms with Crippen molar-refractivity contribution in [2.24, 2.45) is 5.92 Å². The SMILES string of the molecule is Brc1cncc(-c2noc(CC3CNC3)n2)c1. The summed E-state index contributed by atoms with van der Waals surface area (Å²) in [6.07, 6.45) is 4.30. The van der Waals surface area contributed by atoms with Gasteiger partial charge in [0.2, 0.25) is 11.7 Å². The van der Waals surface area contributed by atoms with Crippen LogP contribution in [0.3, 0.4) is 0 Å². The molecule has 1 fully saturated rings. The van der Waals surface area contributed by atoms with Gasteiger partial charge in [0.25, 0.3) is 0 Å². The molecule has 3 heterocycles. The molecule has 1 aliphatic heterocycles. The summed E-state index contributed by atoms with van der Waals surface area (Å²) in [5, 5.41) is 7.19. The van der Waals surface area contributed by atoms with E-state index in [0.29, 0.717) is 17.6 Å². The van der Waals surface area contributed by atoms with Crippen molar-refractivity contribution in [3.8, 4) is 11.4 Å². The van der Waals surface area contributed by atoms with Gasteiger partial charge < -0.3 is 9.84 Å². The lowest BCUT2D eigenvalue weighted by molar-refractivity contribution is 0.296. The van der Waals surface area contributed by atoms with Crippen LogP contribution in [0.5, 0.6) is 0 Å². The lowest BCUT2D eigenvalue weighted by Crippen LogP contribution is -2.43. The largest absolute Gasteiger partial charge is 0.339 e. The van der Waals surface area contributed by atoms with Crippen molar-refractivity contribution in [2.75, 3.05) is 13.1 Å². The predicted octanol–water partition coefficient (Wildman–Crippen LogP) is 1.66. The molecule has 0 unspecified atom stereocenters. The van der Waals surface area contributed by atoms with Crippen molar-refractivity contribution in [3.05, 3.63) is 28.8 Å². The van der Waals surface area contributed by atoms with Gasteiger partial charge in [-0.05, 0) is 41.0 Å². The van der Waals surface area contributed by atoms with Crippen molar-refractivity contribution in [1.82, 2.24) is 20.4 Å². The first-order valence-electron chi connectivity index (χ1n) is 5.45. The van der Waals surface area contributed by atoms with Gasteiger partial charge in [-0.1, -0.05) is 5.16 Å². The molecule has 5 nitrogen and oxygen atoms in total. The Morgan fingerprint density at radius 2 is 2.29 bits per heavy atom. The minimum Gasteiger partial charge on any atom is -0.339 e. The number of nitrogens with zero attached hydrogens (tertiary/aromatic N) is 3. The highest BCUT2D eigenvalue weighted by atomic mass is 79.9. The van der Waals surface area contributed by atoms with Crippen LogP contribution in [-0.2, 0) is 6.42 Å². The fourth-order valence-corrected chi connectivity index (χ4v) is 2.09. The molecule has 17 heavy (non-hydrogen) atoms. The van der Waals surface area contributed by atoms with Crippen molar-refractivity contribution < 1.29 is 4.52 Å². The Hall–Kier alpha value is -1.27. The fraction of sp³-hybridized carbons (Fsp3) is 0.364. The van der Waals surface area contributed by atoms with E-state index in [1.807, 2.05) is 6.07 Å². The Balaban J connectivity index is 1.79. The molecule has 0 amide bonds. The van der Waals surface area contributed by atoms with E-state index < -0.39 is 0 Å².